The van der Waals surface area contributed by atoms with Crippen LogP contribution in [0.15, 0.2) is 60.9 Å². The summed E-state index contributed by atoms with van der Waals surface area (Å²) in [5.74, 6) is 0.0896. The summed E-state index contributed by atoms with van der Waals surface area (Å²) in [5, 5.41) is 7.41. The minimum absolute atomic E-state index is 0.182. The van der Waals surface area contributed by atoms with E-state index in [0.29, 0.717) is 29.0 Å². The van der Waals surface area contributed by atoms with Crippen LogP contribution >= 0.6 is 0 Å². The molecule has 0 bridgehead atoms. The SMILES string of the molecule is CCN(CC)[C@@H](C)CNC(=O)c1cc(N)nc(-c2cnn3ccc(-c4ccccc4)nc23)c1. The number of anilines is 1. The Morgan fingerprint density at radius 2 is 1.85 bits per heavy atom. The van der Waals surface area contributed by atoms with Crippen molar-refractivity contribution >= 4 is 17.4 Å². The van der Waals surface area contributed by atoms with Crippen molar-refractivity contribution in [1.29, 1.82) is 0 Å². The van der Waals surface area contributed by atoms with Crippen LogP contribution < -0.4 is 11.1 Å². The third-order valence-electron chi connectivity index (χ3n) is 5.82. The van der Waals surface area contributed by atoms with Crippen molar-refractivity contribution in [3.8, 4) is 22.5 Å². The summed E-state index contributed by atoms with van der Waals surface area (Å²) in [7, 11) is 0. The molecule has 0 aliphatic heterocycles. The average molecular weight is 444 g/mol. The van der Waals surface area contributed by atoms with Crippen LogP contribution in [0, 0.1) is 0 Å². The summed E-state index contributed by atoms with van der Waals surface area (Å²) in [5.41, 5.74) is 10.3. The van der Waals surface area contributed by atoms with Crippen molar-refractivity contribution in [2.45, 2.75) is 26.8 Å². The van der Waals surface area contributed by atoms with Gasteiger partial charge in [0.15, 0.2) is 5.65 Å². The minimum atomic E-state index is -0.182. The molecule has 3 aromatic heterocycles. The Kier molecular flexibility index (Phi) is 6.65. The first-order valence-corrected chi connectivity index (χ1v) is 11.2. The number of rotatable bonds is 8. The van der Waals surface area contributed by atoms with E-state index in [9.17, 15) is 4.79 Å². The topological polar surface area (TPSA) is 101 Å². The van der Waals surface area contributed by atoms with Gasteiger partial charge in [0.1, 0.15) is 5.82 Å². The lowest BCUT2D eigenvalue weighted by Crippen LogP contribution is -2.42. The van der Waals surface area contributed by atoms with Gasteiger partial charge < -0.3 is 11.1 Å². The lowest BCUT2D eigenvalue weighted by molar-refractivity contribution is 0.0938. The molecule has 8 nitrogen and oxygen atoms in total. The number of nitrogens with two attached hydrogens (primary N) is 1. The highest BCUT2D eigenvalue weighted by Crippen LogP contribution is 2.26. The number of nitrogens with one attached hydrogen (secondary N) is 1. The lowest BCUT2D eigenvalue weighted by Gasteiger charge is -2.26. The van der Waals surface area contributed by atoms with Gasteiger partial charge in [-0.05, 0) is 38.2 Å². The average Bonchev–Trinajstić information content (AvgIpc) is 3.27. The molecule has 3 N–H and O–H groups in total. The molecule has 33 heavy (non-hydrogen) atoms. The van der Waals surface area contributed by atoms with Gasteiger partial charge in [0.25, 0.3) is 5.91 Å². The second-order valence-electron chi connectivity index (χ2n) is 7.95. The van der Waals surface area contributed by atoms with Gasteiger partial charge >= 0.3 is 0 Å². The Labute approximate surface area is 193 Å². The molecule has 8 heteroatoms. The molecule has 0 radical (unpaired) electrons. The first-order chi connectivity index (χ1) is 16.0. The summed E-state index contributed by atoms with van der Waals surface area (Å²) in [6.45, 7) is 8.76. The summed E-state index contributed by atoms with van der Waals surface area (Å²) >= 11 is 0. The zero-order chi connectivity index (χ0) is 23.4. The number of amides is 1. The van der Waals surface area contributed by atoms with Crippen LogP contribution in [0.3, 0.4) is 0 Å². The molecular weight excluding hydrogens is 414 g/mol. The maximum absolute atomic E-state index is 12.9. The van der Waals surface area contributed by atoms with Gasteiger partial charge in [-0.3, -0.25) is 9.69 Å². The van der Waals surface area contributed by atoms with Gasteiger partial charge in [-0.2, -0.15) is 5.10 Å². The number of carbonyl (C=O) groups excluding carboxylic acids is 1. The lowest BCUT2D eigenvalue weighted by atomic mass is 10.1. The molecule has 4 aromatic rings. The Balaban J connectivity index is 1.63. The fourth-order valence-corrected chi connectivity index (χ4v) is 3.96. The largest absolute Gasteiger partial charge is 0.384 e. The van der Waals surface area contributed by atoms with Crippen molar-refractivity contribution in [3.05, 3.63) is 66.5 Å². The van der Waals surface area contributed by atoms with Gasteiger partial charge in [0, 0.05) is 29.9 Å². The van der Waals surface area contributed by atoms with Gasteiger partial charge in [0.05, 0.1) is 23.1 Å². The van der Waals surface area contributed by atoms with Crippen molar-refractivity contribution < 1.29 is 4.79 Å². The van der Waals surface area contributed by atoms with E-state index in [1.807, 2.05) is 42.6 Å². The van der Waals surface area contributed by atoms with Crippen LogP contribution in [0.25, 0.3) is 28.2 Å². The maximum atomic E-state index is 12.9. The molecule has 4 rings (SSSR count). The summed E-state index contributed by atoms with van der Waals surface area (Å²) < 4.78 is 1.69. The first-order valence-electron chi connectivity index (χ1n) is 11.2. The van der Waals surface area contributed by atoms with Crippen LogP contribution in [0.1, 0.15) is 31.1 Å². The van der Waals surface area contributed by atoms with Crippen LogP contribution in [-0.2, 0) is 0 Å². The van der Waals surface area contributed by atoms with Crippen LogP contribution in [-0.4, -0.2) is 56.1 Å². The second-order valence-corrected chi connectivity index (χ2v) is 7.95. The van der Waals surface area contributed by atoms with Crippen molar-refractivity contribution in [2.75, 3.05) is 25.4 Å². The molecule has 170 valence electrons. The predicted molar refractivity (Wildman–Crippen MR) is 131 cm³/mol. The number of aromatic nitrogens is 4. The van der Waals surface area contributed by atoms with E-state index in [-0.39, 0.29) is 17.8 Å². The first kappa shape index (κ1) is 22.4. The third-order valence-corrected chi connectivity index (χ3v) is 5.82. The smallest absolute Gasteiger partial charge is 0.251 e. The summed E-state index contributed by atoms with van der Waals surface area (Å²) in [6.07, 6.45) is 3.56. The molecule has 0 aliphatic carbocycles. The van der Waals surface area contributed by atoms with E-state index in [4.69, 9.17) is 10.7 Å². The van der Waals surface area contributed by atoms with E-state index >= 15 is 0 Å². The van der Waals surface area contributed by atoms with E-state index in [1.165, 1.54) is 0 Å². The zero-order valence-corrected chi connectivity index (χ0v) is 19.2. The van der Waals surface area contributed by atoms with Gasteiger partial charge in [-0.1, -0.05) is 44.2 Å². The number of hydrogen-bond acceptors (Lipinski definition) is 6. The number of likely N-dealkylation sites (N-methyl/N-ethyl adjacent to an activating group) is 1. The van der Waals surface area contributed by atoms with E-state index in [2.05, 4.69) is 41.1 Å². The van der Waals surface area contributed by atoms with Crippen LogP contribution in [0.4, 0.5) is 5.82 Å². The Morgan fingerprint density at radius 3 is 2.58 bits per heavy atom. The third kappa shape index (κ3) is 4.85. The molecule has 1 aromatic carbocycles. The highest BCUT2D eigenvalue weighted by Gasteiger charge is 2.17. The number of nitrogens with zero attached hydrogens (tertiary/aromatic N) is 5. The van der Waals surface area contributed by atoms with Crippen LogP contribution in [0.2, 0.25) is 0 Å². The highest BCUT2D eigenvalue weighted by atomic mass is 16.1. The normalized spacial score (nSPS) is 12.2. The van der Waals surface area contributed by atoms with Gasteiger partial charge in [0.2, 0.25) is 0 Å². The summed E-state index contributed by atoms with van der Waals surface area (Å²) in [4.78, 5) is 24.4. The number of nitrogen functional groups attached to an aromatic ring is 1. The van der Waals surface area contributed by atoms with Gasteiger partial charge in [-0.15, -0.1) is 0 Å². The number of carbonyl (C=O) groups is 1. The molecule has 1 atom stereocenters. The van der Waals surface area contributed by atoms with Crippen LogP contribution in [0.5, 0.6) is 0 Å². The molecule has 0 spiro atoms. The highest BCUT2D eigenvalue weighted by molar-refractivity contribution is 5.96. The maximum Gasteiger partial charge on any atom is 0.251 e. The molecule has 0 saturated carbocycles. The molecule has 3 heterocycles. The predicted octanol–water partition coefficient (Wildman–Crippen LogP) is 3.50. The Bertz CT molecular complexity index is 1250. The fourth-order valence-electron chi connectivity index (χ4n) is 3.96. The molecule has 0 saturated heterocycles. The molecule has 1 amide bonds. The van der Waals surface area contributed by atoms with Crippen molar-refractivity contribution in [3.63, 3.8) is 0 Å². The number of fused-ring (bicyclic) bond motifs is 1. The monoisotopic (exact) mass is 443 g/mol. The number of pyridine rings is 1. The van der Waals surface area contributed by atoms with E-state index < -0.39 is 0 Å². The van der Waals surface area contributed by atoms with Crippen molar-refractivity contribution in [1.82, 2.24) is 29.8 Å². The quantitative estimate of drug-likeness (QED) is 0.432. The standard InChI is InChI=1S/C25H29N7O/c1-4-31(5-2)17(3)15-27-25(33)19-13-22(29-23(26)14-19)20-16-28-32-12-11-21(30-24(20)32)18-9-7-6-8-10-18/h6-14,16-17H,4-5,15H2,1-3H3,(H2,26,29)(H,27,33)/t17-/m0/s1. The Morgan fingerprint density at radius 1 is 1.09 bits per heavy atom. The minimum Gasteiger partial charge on any atom is -0.384 e. The second kappa shape index (κ2) is 9.79. The summed E-state index contributed by atoms with van der Waals surface area (Å²) in [6, 6.07) is 15.4. The molecular formula is C25H29N7O. The number of hydrogen-bond donors (Lipinski definition) is 2. The Hall–Kier alpha value is -3.78. The van der Waals surface area contributed by atoms with E-state index in [0.717, 1.165) is 24.3 Å². The van der Waals surface area contributed by atoms with Crippen molar-refractivity contribution in [2.24, 2.45) is 0 Å². The molecule has 0 aliphatic rings. The van der Waals surface area contributed by atoms with E-state index in [1.54, 1.807) is 22.8 Å². The number of benzene rings is 1. The molecule has 0 fully saturated rings. The zero-order valence-electron chi connectivity index (χ0n) is 19.2. The fraction of sp³-hybridized carbons (Fsp3) is 0.280. The molecule has 0 unspecified atom stereocenters. The van der Waals surface area contributed by atoms with Gasteiger partial charge in [-0.25, -0.2) is 14.5 Å².